The van der Waals surface area contributed by atoms with Crippen molar-refractivity contribution in [1.29, 1.82) is 0 Å². The molecule has 0 saturated heterocycles. The summed E-state index contributed by atoms with van der Waals surface area (Å²) in [6.45, 7) is 0.928. The second kappa shape index (κ2) is 5.03. The van der Waals surface area contributed by atoms with Crippen molar-refractivity contribution in [2.75, 3.05) is 5.73 Å². The number of fused-ring (bicyclic) bond motifs is 1. The Kier molecular flexibility index (Phi) is 3.07. The minimum absolute atomic E-state index is 0.392. The summed E-state index contributed by atoms with van der Waals surface area (Å²) in [6, 6.07) is 9.97. The highest BCUT2D eigenvalue weighted by atomic mass is 16.5. The summed E-state index contributed by atoms with van der Waals surface area (Å²) in [6.07, 6.45) is 1.40. The molecule has 0 spiro atoms. The summed E-state index contributed by atoms with van der Waals surface area (Å²) in [4.78, 5) is 8.00. The Hall–Kier alpha value is -2.47. The smallest absolute Gasteiger partial charge is 0.186 e. The highest BCUT2D eigenvalue weighted by Gasteiger charge is 2.10. The van der Waals surface area contributed by atoms with Gasteiger partial charge in [-0.1, -0.05) is 30.3 Å². The molecule has 1 aromatic carbocycles. The van der Waals surface area contributed by atoms with Gasteiger partial charge in [0.05, 0.1) is 24.3 Å². The molecule has 0 radical (unpaired) electrons. The Morgan fingerprint density at radius 2 is 1.95 bits per heavy atom. The van der Waals surface area contributed by atoms with E-state index < -0.39 is 0 Å². The Balaban J connectivity index is 1.72. The van der Waals surface area contributed by atoms with Gasteiger partial charge < -0.3 is 10.5 Å². The lowest BCUT2D eigenvalue weighted by Gasteiger charge is -2.03. The molecule has 0 fully saturated rings. The van der Waals surface area contributed by atoms with Crippen LogP contribution >= 0.6 is 0 Å². The molecule has 19 heavy (non-hydrogen) atoms. The molecule has 0 atom stereocenters. The third kappa shape index (κ3) is 2.38. The van der Waals surface area contributed by atoms with Crippen LogP contribution in [0.5, 0.6) is 0 Å². The number of aromatic nitrogens is 4. The third-order valence-electron chi connectivity index (χ3n) is 2.81. The molecule has 2 aromatic heterocycles. The first-order chi connectivity index (χ1) is 9.34. The SMILES string of the molecule is Nc1ncnc2n[nH]c(COCc3ccccc3)c12. The molecule has 0 aliphatic rings. The van der Waals surface area contributed by atoms with E-state index in [4.69, 9.17) is 10.5 Å². The molecule has 3 aromatic rings. The van der Waals surface area contributed by atoms with Crippen LogP contribution in [0.2, 0.25) is 0 Å². The molecule has 3 rings (SSSR count). The maximum Gasteiger partial charge on any atom is 0.186 e. The predicted molar refractivity (Wildman–Crippen MR) is 71.0 cm³/mol. The number of nitrogens with one attached hydrogen (secondary N) is 1. The lowest BCUT2D eigenvalue weighted by Crippen LogP contribution is -1.97. The normalized spacial score (nSPS) is 10.9. The molecule has 3 N–H and O–H groups in total. The zero-order valence-corrected chi connectivity index (χ0v) is 10.2. The van der Waals surface area contributed by atoms with Crippen molar-refractivity contribution in [3.8, 4) is 0 Å². The Morgan fingerprint density at radius 1 is 1.11 bits per heavy atom. The minimum Gasteiger partial charge on any atom is -0.383 e. The molecular weight excluding hydrogens is 242 g/mol. The van der Waals surface area contributed by atoms with Gasteiger partial charge in [-0.25, -0.2) is 9.97 Å². The fourth-order valence-corrected chi connectivity index (χ4v) is 1.89. The van der Waals surface area contributed by atoms with Gasteiger partial charge in [-0.15, -0.1) is 0 Å². The summed E-state index contributed by atoms with van der Waals surface area (Å²) in [5.74, 6) is 0.414. The monoisotopic (exact) mass is 255 g/mol. The van der Waals surface area contributed by atoms with Crippen molar-refractivity contribution in [2.45, 2.75) is 13.2 Å². The van der Waals surface area contributed by atoms with Crippen molar-refractivity contribution in [2.24, 2.45) is 0 Å². The van der Waals surface area contributed by atoms with Gasteiger partial charge in [0, 0.05) is 0 Å². The first-order valence-electron chi connectivity index (χ1n) is 5.89. The van der Waals surface area contributed by atoms with Crippen LogP contribution in [0.15, 0.2) is 36.7 Å². The fraction of sp³-hybridized carbons (Fsp3) is 0.154. The molecule has 2 heterocycles. The standard InChI is InChI=1S/C13H13N5O/c14-12-11-10(17-18-13(11)16-8-15-12)7-19-6-9-4-2-1-3-5-9/h1-5,8H,6-7H2,(H3,14,15,16,17,18). The first-order valence-corrected chi connectivity index (χ1v) is 5.89. The zero-order valence-electron chi connectivity index (χ0n) is 10.2. The van der Waals surface area contributed by atoms with Crippen LogP contribution in [-0.4, -0.2) is 20.2 Å². The average molecular weight is 255 g/mol. The third-order valence-corrected chi connectivity index (χ3v) is 2.81. The molecule has 0 aliphatic heterocycles. The number of nitrogen functional groups attached to an aromatic ring is 1. The van der Waals surface area contributed by atoms with E-state index in [0.717, 1.165) is 16.6 Å². The minimum atomic E-state index is 0.392. The second-order valence-electron chi connectivity index (χ2n) is 4.14. The van der Waals surface area contributed by atoms with Crippen molar-refractivity contribution in [3.05, 3.63) is 47.9 Å². The van der Waals surface area contributed by atoms with Crippen LogP contribution < -0.4 is 5.73 Å². The van der Waals surface area contributed by atoms with Gasteiger partial charge in [-0.2, -0.15) is 5.10 Å². The van der Waals surface area contributed by atoms with Crippen molar-refractivity contribution in [1.82, 2.24) is 20.2 Å². The van der Waals surface area contributed by atoms with Gasteiger partial charge >= 0.3 is 0 Å². The number of hydrogen-bond acceptors (Lipinski definition) is 5. The number of H-pyrrole nitrogens is 1. The van der Waals surface area contributed by atoms with Gasteiger partial charge in [-0.3, -0.25) is 5.10 Å². The van der Waals surface area contributed by atoms with Gasteiger partial charge in [0.15, 0.2) is 5.65 Å². The maximum absolute atomic E-state index is 5.82. The topological polar surface area (TPSA) is 89.7 Å². The Labute approximate surface area is 109 Å². The van der Waals surface area contributed by atoms with E-state index in [0.29, 0.717) is 24.7 Å². The highest BCUT2D eigenvalue weighted by Crippen LogP contribution is 2.19. The van der Waals surface area contributed by atoms with Gasteiger partial charge in [-0.05, 0) is 5.56 Å². The van der Waals surface area contributed by atoms with E-state index in [9.17, 15) is 0 Å². The van der Waals surface area contributed by atoms with E-state index in [1.165, 1.54) is 6.33 Å². The van der Waals surface area contributed by atoms with E-state index in [1.54, 1.807) is 0 Å². The maximum atomic E-state index is 5.82. The summed E-state index contributed by atoms with van der Waals surface area (Å²) in [5.41, 5.74) is 8.29. The van der Waals surface area contributed by atoms with Gasteiger partial charge in [0.2, 0.25) is 0 Å². The summed E-state index contributed by atoms with van der Waals surface area (Å²) >= 11 is 0. The Morgan fingerprint density at radius 3 is 2.79 bits per heavy atom. The van der Waals surface area contributed by atoms with E-state index in [-0.39, 0.29) is 0 Å². The summed E-state index contributed by atoms with van der Waals surface area (Å²) in [7, 11) is 0. The van der Waals surface area contributed by atoms with Crippen LogP contribution in [0.1, 0.15) is 11.3 Å². The van der Waals surface area contributed by atoms with Crippen molar-refractivity contribution < 1.29 is 4.74 Å². The van der Waals surface area contributed by atoms with Crippen molar-refractivity contribution >= 4 is 16.9 Å². The highest BCUT2D eigenvalue weighted by molar-refractivity contribution is 5.87. The first kappa shape index (κ1) is 11.6. The summed E-state index contributed by atoms with van der Waals surface area (Å²) in [5, 5.41) is 7.68. The lowest BCUT2D eigenvalue weighted by atomic mass is 10.2. The number of rotatable bonds is 4. The number of nitrogens with zero attached hydrogens (tertiary/aromatic N) is 3. The number of aromatic amines is 1. The second-order valence-corrected chi connectivity index (χ2v) is 4.14. The van der Waals surface area contributed by atoms with E-state index in [1.807, 2.05) is 30.3 Å². The fourth-order valence-electron chi connectivity index (χ4n) is 1.89. The number of benzene rings is 1. The molecule has 0 aliphatic carbocycles. The average Bonchev–Trinajstić information content (AvgIpc) is 2.85. The number of nitrogens with two attached hydrogens (primary N) is 1. The van der Waals surface area contributed by atoms with E-state index >= 15 is 0 Å². The van der Waals surface area contributed by atoms with Gasteiger partial charge in [0.25, 0.3) is 0 Å². The molecule has 6 nitrogen and oxygen atoms in total. The van der Waals surface area contributed by atoms with E-state index in [2.05, 4.69) is 20.2 Å². The molecule has 6 heteroatoms. The van der Waals surface area contributed by atoms with Crippen LogP contribution in [0.4, 0.5) is 5.82 Å². The Bertz CT molecular complexity index is 680. The molecule has 0 unspecified atom stereocenters. The lowest BCUT2D eigenvalue weighted by molar-refractivity contribution is 0.105. The number of anilines is 1. The van der Waals surface area contributed by atoms with Crippen molar-refractivity contribution in [3.63, 3.8) is 0 Å². The molecule has 0 bridgehead atoms. The number of ether oxygens (including phenoxy) is 1. The number of hydrogen-bond donors (Lipinski definition) is 2. The largest absolute Gasteiger partial charge is 0.383 e. The quantitative estimate of drug-likeness (QED) is 0.739. The molecule has 0 amide bonds. The summed E-state index contributed by atoms with van der Waals surface area (Å²) < 4.78 is 5.64. The predicted octanol–water partition coefficient (Wildman–Crippen LogP) is 1.65. The van der Waals surface area contributed by atoms with Crippen LogP contribution in [0, 0.1) is 0 Å². The van der Waals surface area contributed by atoms with Crippen LogP contribution in [0.3, 0.4) is 0 Å². The molecule has 0 saturated carbocycles. The van der Waals surface area contributed by atoms with Gasteiger partial charge in [0.1, 0.15) is 12.1 Å². The molecular formula is C13H13N5O. The zero-order chi connectivity index (χ0) is 13.1. The van der Waals surface area contributed by atoms with Crippen LogP contribution in [-0.2, 0) is 18.0 Å². The molecule has 96 valence electrons. The van der Waals surface area contributed by atoms with Crippen LogP contribution in [0.25, 0.3) is 11.0 Å².